The van der Waals surface area contributed by atoms with Crippen molar-refractivity contribution >= 4 is 35.2 Å². The zero-order chi connectivity index (χ0) is 24.0. The van der Waals surface area contributed by atoms with Crippen LogP contribution in [-0.2, 0) is 11.3 Å². The highest BCUT2D eigenvalue weighted by Gasteiger charge is 2.34. The monoisotopic (exact) mass is 470 g/mol. The van der Waals surface area contributed by atoms with Crippen molar-refractivity contribution in [3.8, 4) is 5.75 Å². The molecule has 1 aromatic heterocycles. The number of allylic oxidation sites excluding steroid dienone is 1. The highest BCUT2D eigenvalue weighted by molar-refractivity contribution is 6.08. The highest BCUT2D eigenvalue weighted by atomic mass is 16.5. The van der Waals surface area contributed by atoms with Crippen molar-refractivity contribution in [1.29, 1.82) is 0 Å². The molecular formula is C27H30N6O2. The van der Waals surface area contributed by atoms with Gasteiger partial charge in [0, 0.05) is 62.8 Å². The molecule has 0 bridgehead atoms. The number of hydrogen-bond acceptors (Lipinski definition) is 6. The highest BCUT2D eigenvalue weighted by Crippen LogP contribution is 2.31. The van der Waals surface area contributed by atoms with Crippen molar-refractivity contribution < 1.29 is 9.53 Å². The number of piperazine rings is 1. The number of hydrogen-bond donors (Lipinski definition) is 1. The van der Waals surface area contributed by atoms with Crippen molar-refractivity contribution in [1.82, 2.24) is 20.0 Å². The molecule has 0 unspecified atom stereocenters. The molecule has 8 nitrogen and oxygen atoms in total. The number of H-pyrrole nitrogens is 1. The number of carbonyl (C=O) groups is 1. The van der Waals surface area contributed by atoms with Gasteiger partial charge < -0.3 is 9.64 Å². The Kier molecular flexibility index (Phi) is 6.99. The van der Waals surface area contributed by atoms with E-state index < -0.39 is 0 Å². The van der Waals surface area contributed by atoms with Crippen LogP contribution < -0.4 is 4.74 Å². The Morgan fingerprint density at radius 1 is 1.11 bits per heavy atom. The van der Waals surface area contributed by atoms with E-state index in [2.05, 4.69) is 56.1 Å². The number of nitrogens with zero attached hydrogens (tertiary/aromatic N) is 5. The summed E-state index contributed by atoms with van der Waals surface area (Å²) in [5, 5.41) is 9.15. The molecule has 3 aromatic rings. The molecule has 2 aromatic carbocycles. The summed E-state index contributed by atoms with van der Waals surface area (Å²) in [6, 6.07) is 14.5. The first-order chi connectivity index (χ1) is 17.2. The summed E-state index contributed by atoms with van der Waals surface area (Å²) in [5.74, 6) is 1.45. The van der Waals surface area contributed by atoms with Gasteiger partial charge in [0.2, 0.25) is 5.91 Å². The van der Waals surface area contributed by atoms with Gasteiger partial charge in [-0.2, -0.15) is 5.10 Å². The van der Waals surface area contributed by atoms with Crippen LogP contribution in [-0.4, -0.2) is 71.7 Å². The molecule has 35 heavy (non-hydrogen) atoms. The fourth-order valence-corrected chi connectivity index (χ4v) is 4.37. The second-order valence-electron chi connectivity index (χ2n) is 9.04. The minimum atomic E-state index is 0.196. The van der Waals surface area contributed by atoms with Gasteiger partial charge >= 0.3 is 0 Å². The standard InChI is InChI=1S/C27H30N6O2/c1-28-16-24(26-8-9-30-31-26)17-29-19-35-25-7-6-22-14-20(2-3-23(22)15-25)18-32-10-12-33(13-11-32)27(34)21-4-5-21/h2-3,6-9,14-17,21H,1,4-5,10-13,18-19H2,(H,30,31)/b24-16+,29-17?. The van der Waals surface area contributed by atoms with Crippen LogP contribution >= 0.6 is 0 Å². The third-order valence-corrected chi connectivity index (χ3v) is 6.47. The fraction of sp³-hybridized carbons (Fsp3) is 0.333. The summed E-state index contributed by atoms with van der Waals surface area (Å²) in [7, 11) is 0. The molecule has 1 saturated heterocycles. The van der Waals surface area contributed by atoms with E-state index in [1.807, 2.05) is 23.1 Å². The number of rotatable bonds is 9. The lowest BCUT2D eigenvalue weighted by Crippen LogP contribution is -2.48. The van der Waals surface area contributed by atoms with Crippen molar-refractivity contribution in [2.75, 3.05) is 32.9 Å². The summed E-state index contributed by atoms with van der Waals surface area (Å²) >= 11 is 0. The van der Waals surface area contributed by atoms with Gasteiger partial charge in [-0.25, -0.2) is 0 Å². The Bertz CT molecular complexity index is 1240. The molecule has 0 atom stereocenters. The van der Waals surface area contributed by atoms with Crippen LogP contribution in [0.5, 0.6) is 5.75 Å². The molecule has 1 N–H and O–H groups in total. The van der Waals surface area contributed by atoms with Gasteiger partial charge in [0.1, 0.15) is 5.75 Å². The van der Waals surface area contributed by atoms with E-state index in [0.29, 0.717) is 11.8 Å². The largest absolute Gasteiger partial charge is 0.471 e. The molecular weight excluding hydrogens is 440 g/mol. The molecule has 5 rings (SSSR count). The Hall–Kier alpha value is -3.78. The van der Waals surface area contributed by atoms with Crippen molar-refractivity contribution in [2.24, 2.45) is 15.9 Å². The molecule has 0 radical (unpaired) electrons. The van der Waals surface area contributed by atoms with E-state index in [-0.39, 0.29) is 6.73 Å². The summed E-state index contributed by atoms with van der Waals surface area (Å²) in [4.78, 5) is 24.9. The molecule has 1 aliphatic heterocycles. The predicted molar refractivity (Wildman–Crippen MR) is 139 cm³/mol. The number of nitrogens with one attached hydrogen (secondary N) is 1. The number of amides is 1. The molecule has 0 spiro atoms. The summed E-state index contributed by atoms with van der Waals surface area (Å²) in [5.41, 5.74) is 2.88. The van der Waals surface area contributed by atoms with Gasteiger partial charge in [0.15, 0.2) is 6.73 Å². The average molecular weight is 471 g/mol. The minimum Gasteiger partial charge on any atom is -0.471 e. The van der Waals surface area contributed by atoms with Crippen molar-refractivity contribution in [3.63, 3.8) is 0 Å². The van der Waals surface area contributed by atoms with Crippen molar-refractivity contribution in [3.05, 3.63) is 66.1 Å². The summed E-state index contributed by atoms with van der Waals surface area (Å²) < 4.78 is 5.82. The Labute approximate surface area is 205 Å². The van der Waals surface area contributed by atoms with Crippen LogP contribution in [0, 0.1) is 5.92 Å². The van der Waals surface area contributed by atoms with Crippen LogP contribution in [0.15, 0.2) is 64.8 Å². The van der Waals surface area contributed by atoms with Gasteiger partial charge in [-0.15, -0.1) is 0 Å². The molecule has 1 amide bonds. The third kappa shape index (κ3) is 5.84. The summed E-state index contributed by atoms with van der Waals surface area (Å²) in [6.45, 7) is 8.15. The fourth-order valence-electron chi connectivity index (χ4n) is 4.37. The topological polar surface area (TPSA) is 86.2 Å². The van der Waals surface area contributed by atoms with Gasteiger partial charge in [-0.05, 0) is 60.2 Å². The molecule has 1 aliphatic carbocycles. The number of aliphatic imine (C=N–C) groups is 2. The number of ether oxygens (including phenoxy) is 1. The van der Waals surface area contributed by atoms with Crippen LogP contribution in [0.2, 0.25) is 0 Å². The third-order valence-electron chi connectivity index (χ3n) is 6.47. The molecule has 8 heteroatoms. The lowest BCUT2D eigenvalue weighted by Gasteiger charge is -2.35. The van der Waals surface area contributed by atoms with Crippen LogP contribution in [0.1, 0.15) is 24.1 Å². The first-order valence-corrected chi connectivity index (χ1v) is 12.0. The van der Waals surface area contributed by atoms with E-state index in [0.717, 1.165) is 68.0 Å². The molecule has 2 fully saturated rings. The number of benzene rings is 2. The zero-order valence-electron chi connectivity index (χ0n) is 19.8. The Morgan fingerprint density at radius 3 is 2.66 bits per heavy atom. The number of aromatic nitrogens is 2. The maximum Gasteiger partial charge on any atom is 0.225 e. The van der Waals surface area contributed by atoms with E-state index in [4.69, 9.17) is 4.74 Å². The Morgan fingerprint density at radius 2 is 1.91 bits per heavy atom. The minimum absolute atomic E-state index is 0.196. The SMILES string of the molecule is C=N/C=C(\C=NCOc1ccc2cc(CN3CCN(C(=O)C4CC4)CC3)ccc2c1)c1ccn[nH]1. The van der Waals surface area contributed by atoms with Crippen molar-refractivity contribution in [2.45, 2.75) is 19.4 Å². The van der Waals surface area contributed by atoms with Gasteiger partial charge in [-0.1, -0.05) is 18.2 Å². The first-order valence-electron chi connectivity index (χ1n) is 12.0. The number of fused-ring (bicyclic) bond motifs is 1. The summed E-state index contributed by atoms with van der Waals surface area (Å²) in [6.07, 6.45) is 7.15. The lowest BCUT2D eigenvalue weighted by molar-refractivity contribution is -0.134. The molecule has 2 aliphatic rings. The van der Waals surface area contributed by atoms with Crippen LogP contribution in [0.25, 0.3) is 16.3 Å². The maximum absolute atomic E-state index is 12.3. The average Bonchev–Trinajstić information content (AvgIpc) is 3.59. The molecule has 1 saturated carbocycles. The van der Waals surface area contributed by atoms with Gasteiger partial charge in [0.25, 0.3) is 0 Å². The van der Waals surface area contributed by atoms with Gasteiger partial charge in [-0.3, -0.25) is 24.8 Å². The van der Waals surface area contributed by atoms with Gasteiger partial charge in [0.05, 0.1) is 5.69 Å². The Balaban J connectivity index is 1.14. The van der Waals surface area contributed by atoms with Crippen LogP contribution in [0.4, 0.5) is 0 Å². The normalized spacial score (nSPS) is 17.3. The predicted octanol–water partition coefficient (Wildman–Crippen LogP) is 3.77. The number of aromatic amines is 1. The van der Waals surface area contributed by atoms with E-state index in [1.165, 1.54) is 10.9 Å². The molecule has 180 valence electrons. The number of carbonyl (C=O) groups excluding carboxylic acids is 1. The van der Waals surface area contributed by atoms with E-state index in [9.17, 15) is 4.79 Å². The second-order valence-corrected chi connectivity index (χ2v) is 9.04. The molecule has 2 heterocycles. The quantitative estimate of drug-likeness (QED) is 0.483. The smallest absolute Gasteiger partial charge is 0.225 e. The maximum atomic E-state index is 12.3. The first kappa shape index (κ1) is 23.0. The van der Waals surface area contributed by atoms with E-state index in [1.54, 1.807) is 18.6 Å². The second kappa shape index (κ2) is 10.7. The van der Waals surface area contributed by atoms with Crippen LogP contribution in [0.3, 0.4) is 0 Å². The van der Waals surface area contributed by atoms with E-state index >= 15 is 0 Å². The zero-order valence-corrected chi connectivity index (χ0v) is 19.8. The lowest BCUT2D eigenvalue weighted by atomic mass is 10.1.